The third-order valence-corrected chi connectivity index (χ3v) is 4.83. The van der Waals surface area contributed by atoms with Gasteiger partial charge in [0.2, 0.25) is 5.91 Å². The first-order valence-corrected chi connectivity index (χ1v) is 10.2. The molecule has 160 valence electrons. The first-order chi connectivity index (χ1) is 14.5. The van der Waals surface area contributed by atoms with Gasteiger partial charge in [0.1, 0.15) is 0 Å². The average molecular weight is 433 g/mol. The van der Waals surface area contributed by atoms with Crippen LogP contribution in [0, 0.1) is 22.7 Å². The molecule has 0 atom stereocenters. The Kier molecular flexibility index (Phi) is 12.4. The van der Waals surface area contributed by atoms with Gasteiger partial charge in [-0.1, -0.05) is 12.1 Å². The molecule has 9 nitrogen and oxygen atoms in total. The normalized spacial score (nSPS) is 9.83. The van der Waals surface area contributed by atoms with Crippen molar-refractivity contribution < 1.29 is 23.9 Å². The quantitative estimate of drug-likeness (QED) is 0.281. The third kappa shape index (κ3) is 9.41. The van der Waals surface area contributed by atoms with Crippen LogP contribution < -0.4 is 5.32 Å². The van der Waals surface area contributed by atoms with E-state index in [4.69, 9.17) is 20.0 Å². The summed E-state index contributed by atoms with van der Waals surface area (Å²) in [6, 6.07) is 10.5. The molecule has 0 radical (unpaired) electrons. The number of nitriles is 2. The van der Waals surface area contributed by atoms with Gasteiger partial charge in [-0.15, -0.1) is 11.8 Å². The highest BCUT2D eigenvalue weighted by Gasteiger charge is 2.18. The van der Waals surface area contributed by atoms with E-state index in [9.17, 15) is 14.4 Å². The van der Waals surface area contributed by atoms with E-state index >= 15 is 0 Å². The maximum atomic E-state index is 12.4. The van der Waals surface area contributed by atoms with E-state index in [1.807, 2.05) is 12.1 Å². The molecular weight excluding hydrogens is 408 g/mol. The Labute approximate surface area is 179 Å². The van der Waals surface area contributed by atoms with E-state index in [0.717, 1.165) is 0 Å². The molecule has 0 fully saturated rings. The molecule has 0 aliphatic rings. The van der Waals surface area contributed by atoms with Crippen molar-refractivity contribution in [2.75, 3.05) is 45.7 Å². The van der Waals surface area contributed by atoms with Gasteiger partial charge in [0.05, 0.1) is 42.9 Å². The highest BCUT2D eigenvalue weighted by atomic mass is 32.2. The number of carbonyl (C=O) groups excluding carboxylic acids is 3. The Morgan fingerprint density at radius 3 is 2.43 bits per heavy atom. The van der Waals surface area contributed by atoms with Crippen molar-refractivity contribution in [2.45, 2.75) is 17.7 Å². The van der Waals surface area contributed by atoms with Gasteiger partial charge in [0.25, 0.3) is 5.91 Å². The Hall–Kier alpha value is -3.08. The zero-order valence-electron chi connectivity index (χ0n) is 16.8. The van der Waals surface area contributed by atoms with Gasteiger partial charge in [-0.2, -0.15) is 10.5 Å². The highest BCUT2D eigenvalue weighted by molar-refractivity contribution is 8.00. The molecule has 0 saturated carbocycles. The van der Waals surface area contributed by atoms with Crippen LogP contribution in [-0.4, -0.2) is 68.4 Å². The fraction of sp³-hybridized carbons (Fsp3) is 0.450. The predicted molar refractivity (Wildman–Crippen MR) is 109 cm³/mol. The molecule has 1 N–H and O–H groups in total. The molecule has 0 bridgehead atoms. The predicted octanol–water partition coefficient (Wildman–Crippen LogP) is 1.35. The van der Waals surface area contributed by atoms with Crippen molar-refractivity contribution in [1.82, 2.24) is 10.2 Å². The monoisotopic (exact) mass is 432 g/mol. The molecule has 1 aromatic carbocycles. The number of thioether (sulfide) groups is 1. The molecule has 0 aromatic heterocycles. The number of amides is 2. The van der Waals surface area contributed by atoms with Gasteiger partial charge >= 0.3 is 5.97 Å². The second-order valence-electron chi connectivity index (χ2n) is 5.90. The number of benzene rings is 1. The number of rotatable bonds is 13. The van der Waals surface area contributed by atoms with Crippen LogP contribution in [0.15, 0.2) is 29.2 Å². The van der Waals surface area contributed by atoms with Crippen molar-refractivity contribution in [3.63, 3.8) is 0 Å². The molecule has 0 spiro atoms. The van der Waals surface area contributed by atoms with Gasteiger partial charge in [0, 0.05) is 31.6 Å². The van der Waals surface area contributed by atoms with E-state index < -0.39 is 18.5 Å². The Morgan fingerprint density at radius 2 is 1.80 bits per heavy atom. The number of hydrogen-bond donors (Lipinski definition) is 1. The average Bonchev–Trinajstić information content (AvgIpc) is 2.76. The molecule has 0 aliphatic heterocycles. The highest BCUT2D eigenvalue weighted by Crippen LogP contribution is 2.23. The lowest BCUT2D eigenvalue weighted by atomic mass is 10.2. The fourth-order valence-corrected chi connectivity index (χ4v) is 3.15. The first kappa shape index (κ1) is 25.0. The number of hydrogen-bond acceptors (Lipinski definition) is 8. The summed E-state index contributed by atoms with van der Waals surface area (Å²) in [6.07, 6.45) is 0.244. The molecule has 1 aromatic rings. The Balaban J connectivity index is 2.64. The lowest BCUT2D eigenvalue weighted by Gasteiger charge is -2.20. The number of ether oxygens (including phenoxy) is 2. The number of carbonyl (C=O) groups is 3. The molecule has 0 heterocycles. The van der Waals surface area contributed by atoms with Crippen molar-refractivity contribution >= 4 is 29.5 Å². The molecule has 10 heteroatoms. The Morgan fingerprint density at radius 1 is 1.13 bits per heavy atom. The molecular formula is C20H24N4O5S. The second-order valence-corrected chi connectivity index (χ2v) is 6.92. The number of nitrogens with zero attached hydrogens (tertiary/aromatic N) is 3. The number of nitrogens with one attached hydrogen (secondary N) is 1. The standard InChI is InChI=1S/C20H24N4O5S/c1-28-13-10-23-18(25)15-30-17-7-3-2-6-16(17)20(27)29-14-19(26)24(11-4-8-21)12-5-9-22/h2-3,6-7H,4-5,10-15H2,1H3,(H,23,25). The van der Waals surface area contributed by atoms with Crippen LogP contribution in [0.25, 0.3) is 0 Å². The van der Waals surface area contributed by atoms with Crippen LogP contribution in [0.2, 0.25) is 0 Å². The topological polar surface area (TPSA) is 133 Å². The van der Waals surface area contributed by atoms with Crippen LogP contribution in [0.3, 0.4) is 0 Å². The number of methoxy groups -OCH3 is 1. The molecule has 2 amide bonds. The third-order valence-electron chi connectivity index (χ3n) is 3.76. The van der Waals surface area contributed by atoms with Crippen LogP contribution >= 0.6 is 11.8 Å². The van der Waals surface area contributed by atoms with Crippen molar-refractivity contribution in [1.29, 1.82) is 10.5 Å². The zero-order chi connectivity index (χ0) is 22.2. The van der Waals surface area contributed by atoms with E-state index in [2.05, 4.69) is 5.32 Å². The second kappa shape index (κ2) is 14.9. The van der Waals surface area contributed by atoms with E-state index in [1.165, 1.54) is 16.7 Å². The van der Waals surface area contributed by atoms with Gasteiger partial charge in [-0.05, 0) is 12.1 Å². The summed E-state index contributed by atoms with van der Waals surface area (Å²) >= 11 is 1.18. The summed E-state index contributed by atoms with van der Waals surface area (Å²) in [4.78, 5) is 38.4. The van der Waals surface area contributed by atoms with Crippen molar-refractivity contribution in [3.05, 3.63) is 29.8 Å². The van der Waals surface area contributed by atoms with Gasteiger partial charge in [-0.25, -0.2) is 4.79 Å². The lowest BCUT2D eigenvalue weighted by Crippen LogP contribution is -2.36. The van der Waals surface area contributed by atoms with Crippen LogP contribution in [0.4, 0.5) is 0 Å². The summed E-state index contributed by atoms with van der Waals surface area (Å²) in [5, 5.41) is 20.1. The van der Waals surface area contributed by atoms with E-state index in [0.29, 0.717) is 18.0 Å². The first-order valence-electron chi connectivity index (χ1n) is 9.19. The van der Waals surface area contributed by atoms with Gasteiger partial charge < -0.3 is 19.7 Å². The maximum absolute atomic E-state index is 12.4. The van der Waals surface area contributed by atoms with E-state index in [-0.39, 0.29) is 43.2 Å². The summed E-state index contributed by atoms with van der Waals surface area (Å²) in [5.74, 6) is -1.24. The largest absolute Gasteiger partial charge is 0.452 e. The maximum Gasteiger partial charge on any atom is 0.339 e. The summed E-state index contributed by atoms with van der Waals surface area (Å²) < 4.78 is 10.00. The van der Waals surface area contributed by atoms with Crippen LogP contribution in [-0.2, 0) is 19.1 Å². The van der Waals surface area contributed by atoms with Crippen molar-refractivity contribution in [3.8, 4) is 12.1 Å². The molecule has 0 aliphatic carbocycles. The molecule has 1 rings (SSSR count). The summed E-state index contributed by atoms with van der Waals surface area (Å²) in [6.45, 7) is 0.646. The SMILES string of the molecule is COCCNC(=O)CSc1ccccc1C(=O)OCC(=O)N(CCC#N)CCC#N. The fourth-order valence-electron chi connectivity index (χ4n) is 2.28. The Bertz CT molecular complexity index is 785. The molecule has 30 heavy (non-hydrogen) atoms. The van der Waals surface area contributed by atoms with Crippen LogP contribution in [0.1, 0.15) is 23.2 Å². The van der Waals surface area contributed by atoms with Crippen molar-refractivity contribution in [2.24, 2.45) is 0 Å². The summed E-state index contributed by atoms with van der Waals surface area (Å²) in [5.41, 5.74) is 0.251. The van der Waals surface area contributed by atoms with Gasteiger partial charge in [0.15, 0.2) is 6.61 Å². The molecule has 0 saturated heterocycles. The summed E-state index contributed by atoms with van der Waals surface area (Å²) in [7, 11) is 1.54. The van der Waals surface area contributed by atoms with Crippen LogP contribution in [0.5, 0.6) is 0 Å². The minimum absolute atomic E-state index is 0.114. The van der Waals surface area contributed by atoms with E-state index in [1.54, 1.807) is 31.4 Å². The minimum atomic E-state index is -0.688. The minimum Gasteiger partial charge on any atom is -0.452 e. The van der Waals surface area contributed by atoms with Gasteiger partial charge in [-0.3, -0.25) is 9.59 Å². The molecule has 0 unspecified atom stereocenters. The number of esters is 1. The lowest BCUT2D eigenvalue weighted by molar-refractivity contribution is -0.134. The zero-order valence-corrected chi connectivity index (χ0v) is 17.6. The smallest absolute Gasteiger partial charge is 0.339 e.